The number of amides is 1. The number of aromatic nitrogens is 2. The molecule has 5 rings (SSSR count). The van der Waals surface area contributed by atoms with Crippen molar-refractivity contribution in [2.45, 2.75) is 17.8 Å². The molecule has 10 nitrogen and oxygen atoms in total. The summed E-state index contributed by atoms with van der Waals surface area (Å²) in [6.45, 7) is -0.0134. The standard InChI is InChI=1S/C22H16F3N3O7S/c23-22(24,25)19-9-14(12-1-3-15-17(7-12)34-10-32-15)27-21(28-19)36(30,31)6-5-20(29)26-13-2-4-16-18(8-13)35-11-33-16/h1-4,7-9H,5-6,10-11H2,(H,26,29). The second-order valence-corrected chi connectivity index (χ2v) is 9.67. The van der Waals surface area contributed by atoms with Crippen molar-refractivity contribution < 1.29 is 45.3 Å². The van der Waals surface area contributed by atoms with Gasteiger partial charge in [0.05, 0.1) is 11.4 Å². The zero-order chi connectivity index (χ0) is 25.5. The normalized spacial score (nSPS) is 14.1. The van der Waals surface area contributed by atoms with Crippen LogP contribution >= 0.6 is 0 Å². The fourth-order valence-corrected chi connectivity index (χ4v) is 4.54. The van der Waals surface area contributed by atoms with E-state index in [1.165, 1.54) is 30.3 Å². The molecule has 0 spiro atoms. The molecule has 0 aliphatic carbocycles. The topological polar surface area (TPSA) is 126 Å². The van der Waals surface area contributed by atoms with Gasteiger partial charge in [0.25, 0.3) is 0 Å². The second kappa shape index (κ2) is 8.86. The maximum Gasteiger partial charge on any atom is 0.433 e. The maximum absolute atomic E-state index is 13.5. The van der Waals surface area contributed by atoms with Gasteiger partial charge in [-0.1, -0.05) is 0 Å². The number of benzene rings is 2. The molecule has 0 atom stereocenters. The lowest BCUT2D eigenvalue weighted by Crippen LogP contribution is -2.20. The summed E-state index contributed by atoms with van der Waals surface area (Å²) >= 11 is 0. The first-order valence-electron chi connectivity index (χ1n) is 10.4. The molecule has 3 aromatic rings. The van der Waals surface area contributed by atoms with Crippen molar-refractivity contribution in [1.29, 1.82) is 0 Å². The number of alkyl halides is 3. The highest BCUT2D eigenvalue weighted by atomic mass is 32.2. The van der Waals surface area contributed by atoms with Gasteiger partial charge in [-0.3, -0.25) is 4.79 Å². The van der Waals surface area contributed by atoms with Crippen molar-refractivity contribution in [3.05, 3.63) is 48.2 Å². The Kier molecular flexibility index (Phi) is 5.82. The van der Waals surface area contributed by atoms with Gasteiger partial charge in [0, 0.05) is 23.7 Å². The van der Waals surface area contributed by atoms with Crippen LogP contribution in [-0.4, -0.2) is 43.6 Å². The first-order valence-corrected chi connectivity index (χ1v) is 12.0. The summed E-state index contributed by atoms with van der Waals surface area (Å²) in [5.74, 6) is 0.0878. The van der Waals surface area contributed by atoms with Gasteiger partial charge < -0.3 is 24.3 Å². The third kappa shape index (κ3) is 4.84. The number of halogens is 3. The molecular weight excluding hydrogens is 507 g/mol. The lowest BCUT2D eigenvalue weighted by Gasteiger charge is -2.12. The molecule has 0 bridgehead atoms. The largest absolute Gasteiger partial charge is 0.454 e. The molecule has 1 aromatic heterocycles. The van der Waals surface area contributed by atoms with E-state index in [1.807, 2.05) is 0 Å². The van der Waals surface area contributed by atoms with E-state index in [2.05, 4.69) is 15.3 Å². The minimum atomic E-state index is -4.94. The molecule has 0 radical (unpaired) electrons. The smallest absolute Gasteiger partial charge is 0.433 e. The number of carbonyl (C=O) groups excluding carboxylic acids is 1. The van der Waals surface area contributed by atoms with E-state index in [9.17, 15) is 26.4 Å². The van der Waals surface area contributed by atoms with Crippen LogP contribution in [0.2, 0.25) is 0 Å². The number of nitrogens with zero attached hydrogens (tertiary/aromatic N) is 2. The third-order valence-electron chi connectivity index (χ3n) is 5.20. The quantitative estimate of drug-likeness (QED) is 0.484. The van der Waals surface area contributed by atoms with Crippen molar-refractivity contribution in [2.24, 2.45) is 0 Å². The Bertz CT molecular complexity index is 1460. The third-order valence-corrected chi connectivity index (χ3v) is 6.68. The van der Waals surface area contributed by atoms with Crippen LogP contribution in [-0.2, 0) is 20.8 Å². The van der Waals surface area contributed by atoms with Gasteiger partial charge in [-0.05, 0) is 36.4 Å². The van der Waals surface area contributed by atoms with Crippen LogP contribution < -0.4 is 24.3 Å². The number of carbonyl (C=O) groups is 1. The Hall–Kier alpha value is -4.07. The van der Waals surface area contributed by atoms with Crippen LogP contribution in [0.1, 0.15) is 12.1 Å². The SMILES string of the molecule is O=C(CCS(=O)(=O)c1nc(-c2ccc3c(c2)OCO3)cc(C(F)(F)F)n1)Nc1ccc2c(c1)OCO2. The number of anilines is 1. The molecule has 0 saturated carbocycles. The Balaban J connectivity index is 1.37. The van der Waals surface area contributed by atoms with E-state index in [0.29, 0.717) is 29.0 Å². The van der Waals surface area contributed by atoms with Crippen molar-refractivity contribution in [2.75, 3.05) is 24.7 Å². The first kappa shape index (κ1) is 23.7. The fraction of sp³-hybridized carbons (Fsp3) is 0.227. The van der Waals surface area contributed by atoms with E-state index in [0.717, 1.165) is 0 Å². The fourth-order valence-electron chi connectivity index (χ4n) is 3.43. The van der Waals surface area contributed by atoms with Crippen LogP contribution in [0.25, 0.3) is 11.3 Å². The van der Waals surface area contributed by atoms with Crippen LogP contribution in [0.3, 0.4) is 0 Å². The van der Waals surface area contributed by atoms with E-state index in [4.69, 9.17) is 18.9 Å². The van der Waals surface area contributed by atoms with Gasteiger partial charge in [-0.25, -0.2) is 18.4 Å². The van der Waals surface area contributed by atoms with Crippen molar-refractivity contribution in [3.63, 3.8) is 0 Å². The van der Waals surface area contributed by atoms with Gasteiger partial charge in [0.1, 0.15) is 5.69 Å². The van der Waals surface area contributed by atoms with Gasteiger partial charge in [0.15, 0.2) is 23.0 Å². The molecule has 2 aliphatic rings. The first-order chi connectivity index (χ1) is 17.1. The highest BCUT2D eigenvalue weighted by Gasteiger charge is 2.35. The highest BCUT2D eigenvalue weighted by Crippen LogP contribution is 2.37. The summed E-state index contributed by atoms with van der Waals surface area (Å²) in [7, 11) is -4.47. The van der Waals surface area contributed by atoms with E-state index in [-0.39, 0.29) is 30.6 Å². The Morgan fingerprint density at radius 3 is 2.22 bits per heavy atom. The molecular formula is C22H16F3N3O7S. The minimum absolute atomic E-state index is 0.0379. The van der Waals surface area contributed by atoms with E-state index >= 15 is 0 Å². The number of hydrogen-bond donors (Lipinski definition) is 1. The zero-order valence-electron chi connectivity index (χ0n) is 18.2. The number of rotatable bonds is 6. The number of sulfone groups is 1. The predicted octanol–water partition coefficient (Wildman–Crippen LogP) is 3.42. The molecule has 36 heavy (non-hydrogen) atoms. The van der Waals surface area contributed by atoms with Crippen LogP contribution in [0.5, 0.6) is 23.0 Å². The van der Waals surface area contributed by atoms with Crippen LogP contribution in [0, 0.1) is 0 Å². The van der Waals surface area contributed by atoms with Crippen molar-refractivity contribution >= 4 is 21.4 Å². The predicted molar refractivity (Wildman–Crippen MR) is 116 cm³/mol. The summed E-state index contributed by atoms with van der Waals surface area (Å²) in [5, 5.41) is 1.47. The number of nitrogens with one attached hydrogen (secondary N) is 1. The van der Waals surface area contributed by atoms with Gasteiger partial charge in [-0.15, -0.1) is 0 Å². The molecule has 14 heteroatoms. The maximum atomic E-state index is 13.5. The number of fused-ring (bicyclic) bond motifs is 2. The minimum Gasteiger partial charge on any atom is -0.454 e. The molecule has 1 amide bonds. The molecule has 188 valence electrons. The molecule has 0 unspecified atom stereocenters. The summed E-state index contributed by atoms with van der Waals surface area (Å²) < 4.78 is 87.0. The Morgan fingerprint density at radius 2 is 1.53 bits per heavy atom. The number of hydrogen-bond acceptors (Lipinski definition) is 9. The average molecular weight is 523 g/mol. The second-order valence-electron chi connectivity index (χ2n) is 7.67. The van der Waals surface area contributed by atoms with Gasteiger partial charge in [0.2, 0.25) is 34.5 Å². The molecule has 2 aromatic carbocycles. The zero-order valence-corrected chi connectivity index (χ0v) is 19.0. The Morgan fingerprint density at radius 1 is 0.889 bits per heavy atom. The summed E-state index contributed by atoms with van der Waals surface area (Å²) in [5.41, 5.74) is -1.21. The van der Waals surface area contributed by atoms with Gasteiger partial charge in [-0.2, -0.15) is 13.2 Å². The monoisotopic (exact) mass is 523 g/mol. The molecule has 2 aliphatic heterocycles. The van der Waals surface area contributed by atoms with Crippen molar-refractivity contribution in [1.82, 2.24) is 9.97 Å². The van der Waals surface area contributed by atoms with Crippen LogP contribution in [0.4, 0.5) is 18.9 Å². The highest BCUT2D eigenvalue weighted by molar-refractivity contribution is 7.91. The lowest BCUT2D eigenvalue weighted by atomic mass is 10.1. The van der Waals surface area contributed by atoms with Crippen LogP contribution in [0.15, 0.2) is 47.6 Å². The number of ether oxygens (including phenoxy) is 4. The van der Waals surface area contributed by atoms with E-state index < -0.39 is 44.9 Å². The molecule has 0 fully saturated rings. The summed E-state index contributed by atoms with van der Waals surface area (Å²) in [4.78, 5) is 19.4. The summed E-state index contributed by atoms with van der Waals surface area (Å²) in [6, 6.07) is 9.54. The Labute approximate surface area is 201 Å². The van der Waals surface area contributed by atoms with Gasteiger partial charge >= 0.3 is 6.18 Å². The van der Waals surface area contributed by atoms with Crippen molar-refractivity contribution in [3.8, 4) is 34.3 Å². The molecule has 3 heterocycles. The van der Waals surface area contributed by atoms with E-state index in [1.54, 1.807) is 6.07 Å². The molecule has 0 saturated heterocycles. The summed E-state index contributed by atoms with van der Waals surface area (Å²) in [6.07, 6.45) is -5.48. The average Bonchev–Trinajstić information content (AvgIpc) is 3.50. The molecule has 1 N–H and O–H groups in total. The lowest BCUT2D eigenvalue weighted by molar-refractivity contribution is -0.141.